The van der Waals surface area contributed by atoms with Crippen molar-refractivity contribution in [2.24, 2.45) is 0 Å². The van der Waals surface area contributed by atoms with E-state index in [0.717, 1.165) is 4.88 Å². The number of thiophene rings is 2. The highest BCUT2D eigenvalue weighted by Gasteiger charge is 2.39. The number of hydrogen-bond acceptors (Lipinski definition) is 5. The first-order valence-electron chi connectivity index (χ1n) is 7.78. The lowest BCUT2D eigenvalue weighted by molar-refractivity contribution is -0.129. The molecule has 0 radical (unpaired) electrons. The van der Waals surface area contributed by atoms with Gasteiger partial charge in [0.1, 0.15) is 5.37 Å². The maximum Gasteiger partial charge on any atom is 0.263 e. The van der Waals surface area contributed by atoms with E-state index in [1.54, 1.807) is 35.0 Å². The van der Waals surface area contributed by atoms with Crippen LogP contribution in [0.25, 0.3) is 0 Å². The summed E-state index contributed by atoms with van der Waals surface area (Å²) >= 11 is 4.84. The van der Waals surface area contributed by atoms with Crippen LogP contribution in [0.1, 0.15) is 32.4 Å². The first kappa shape index (κ1) is 17.5. The van der Waals surface area contributed by atoms with E-state index in [2.05, 4.69) is 18.4 Å². The number of amides is 2. The minimum atomic E-state index is -0.0326. The Morgan fingerprint density at radius 3 is 2.71 bits per heavy atom. The Balaban J connectivity index is 1.69. The number of aryl methyl sites for hydroxylation is 1. The Morgan fingerprint density at radius 2 is 2.08 bits per heavy atom. The van der Waals surface area contributed by atoms with E-state index in [1.807, 2.05) is 29.3 Å². The number of thioether (sulfide) groups is 1. The lowest BCUT2D eigenvalue weighted by Crippen LogP contribution is -2.38. The van der Waals surface area contributed by atoms with Crippen molar-refractivity contribution in [3.05, 3.63) is 44.3 Å². The number of likely N-dealkylation sites (N-methyl/N-ethyl adjacent to an activating group) is 1. The van der Waals surface area contributed by atoms with Gasteiger partial charge in [0.05, 0.1) is 10.1 Å². The monoisotopic (exact) mass is 380 g/mol. The molecule has 7 heteroatoms. The molecule has 3 heterocycles. The molecule has 0 spiro atoms. The number of carbonyl (C=O) groups excluding carboxylic acids is 2. The molecule has 1 fully saturated rings. The van der Waals surface area contributed by atoms with Crippen LogP contribution >= 0.6 is 34.4 Å². The zero-order chi connectivity index (χ0) is 17.3. The van der Waals surface area contributed by atoms with Crippen LogP contribution in [0.3, 0.4) is 0 Å². The van der Waals surface area contributed by atoms with Gasteiger partial charge in [-0.2, -0.15) is 0 Å². The van der Waals surface area contributed by atoms with Gasteiger partial charge in [-0.15, -0.1) is 34.4 Å². The maximum absolute atomic E-state index is 12.5. The smallest absolute Gasteiger partial charge is 0.263 e. The highest BCUT2D eigenvalue weighted by Crippen LogP contribution is 2.45. The highest BCUT2D eigenvalue weighted by atomic mass is 32.2. The molecule has 1 aliphatic rings. The van der Waals surface area contributed by atoms with E-state index < -0.39 is 0 Å². The molecule has 2 amide bonds. The molecule has 0 aliphatic carbocycles. The Kier molecular flexibility index (Phi) is 5.32. The van der Waals surface area contributed by atoms with Gasteiger partial charge in [0.15, 0.2) is 0 Å². The van der Waals surface area contributed by atoms with Crippen LogP contribution in [-0.4, -0.2) is 47.0 Å². The summed E-state index contributed by atoms with van der Waals surface area (Å²) in [6.45, 7) is 5.15. The predicted octanol–water partition coefficient (Wildman–Crippen LogP) is 3.85. The zero-order valence-corrected chi connectivity index (χ0v) is 16.3. The lowest BCUT2D eigenvalue weighted by atomic mass is 10.2. The summed E-state index contributed by atoms with van der Waals surface area (Å²) in [6, 6.07) is 5.81. The van der Waals surface area contributed by atoms with E-state index in [9.17, 15) is 9.59 Å². The molecule has 1 saturated heterocycles. The van der Waals surface area contributed by atoms with Crippen LogP contribution in [0.4, 0.5) is 0 Å². The largest absolute Gasteiger partial charge is 0.339 e. The van der Waals surface area contributed by atoms with Gasteiger partial charge in [0, 0.05) is 25.0 Å². The maximum atomic E-state index is 12.5. The first-order chi connectivity index (χ1) is 11.5. The van der Waals surface area contributed by atoms with Crippen molar-refractivity contribution >= 4 is 46.2 Å². The van der Waals surface area contributed by atoms with E-state index in [1.165, 1.54) is 21.8 Å². The summed E-state index contributed by atoms with van der Waals surface area (Å²) in [6.07, 6.45) is 0. The van der Waals surface area contributed by atoms with Crippen molar-refractivity contribution < 1.29 is 9.59 Å². The highest BCUT2D eigenvalue weighted by molar-refractivity contribution is 8.01. The summed E-state index contributed by atoms with van der Waals surface area (Å²) in [5, 5.41) is 4.01. The Labute approximate surface area is 154 Å². The van der Waals surface area contributed by atoms with Crippen LogP contribution in [0.15, 0.2) is 29.0 Å². The van der Waals surface area contributed by atoms with Crippen LogP contribution in [0.2, 0.25) is 0 Å². The second-order valence-electron chi connectivity index (χ2n) is 5.83. The SMILES string of the molecule is Cc1ccsc1C1SC(C)C(=O)N1CCN(C)C(=O)c1cccs1. The summed E-state index contributed by atoms with van der Waals surface area (Å²) in [4.78, 5) is 30.5. The van der Waals surface area contributed by atoms with Crippen LogP contribution in [0.5, 0.6) is 0 Å². The van der Waals surface area contributed by atoms with E-state index in [-0.39, 0.29) is 22.4 Å². The van der Waals surface area contributed by atoms with Gasteiger partial charge >= 0.3 is 0 Å². The predicted molar refractivity (Wildman–Crippen MR) is 102 cm³/mol. The number of carbonyl (C=O) groups is 2. The molecule has 1 aliphatic heterocycles. The molecular formula is C17H20N2O2S3. The molecule has 2 aromatic heterocycles. The minimum Gasteiger partial charge on any atom is -0.339 e. The molecule has 0 N–H and O–H groups in total. The third-order valence-corrected chi connectivity index (χ3v) is 7.56. The molecule has 0 saturated carbocycles. The van der Waals surface area contributed by atoms with Crippen molar-refractivity contribution in [1.29, 1.82) is 0 Å². The summed E-state index contributed by atoms with van der Waals surface area (Å²) < 4.78 is 0. The molecule has 2 unspecified atom stereocenters. The summed E-state index contributed by atoms with van der Waals surface area (Å²) in [5.74, 6) is 0.177. The number of hydrogen-bond donors (Lipinski definition) is 0. The second kappa shape index (κ2) is 7.29. The van der Waals surface area contributed by atoms with Crippen LogP contribution in [-0.2, 0) is 4.79 Å². The fourth-order valence-electron chi connectivity index (χ4n) is 2.69. The Hall–Kier alpha value is -1.31. The van der Waals surface area contributed by atoms with Gasteiger partial charge in [-0.1, -0.05) is 6.07 Å². The molecule has 0 aromatic carbocycles. The zero-order valence-electron chi connectivity index (χ0n) is 13.9. The number of rotatable bonds is 5. The average molecular weight is 381 g/mol. The Bertz CT molecular complexity index is 726. The van der Waals surface area contributed by atoms with Gasteiger partial charge in [-0.3, -0.25) is 9.59 Å². The molecule has 3 rings (SSSR count). The van der Waals surface area contributed by atoms with Crippen molar-refractivity contribution in [1.82, 2.24) is 9.80 Å². The third kappa shape index (κ3) is 3.38. The molecule has 2 atom stereocenters. The fraction of sp³-hybridized carbons (Fsp3) is 0.412. The molecule has 0 bridgehead atoms. The fourth-order valence-corrected chi connectivity index (χ4v) is 5.96. The second-order valence-corrected chi connectivity index (χ2v) is 9.16. The van der Waals surface area contributed by atoms with E-state index in [0.29, 0.717) is 13.1 Å². The van der Waals surface area contributed by atoms with Crippen molar-refractivity contribution in [3.63, 3.8) is 0 Å². The van der Waals surface area contributed by atoms with Crippen LogP contribution < -0.4 is 0 Å². The summed E-state index contributed by atoms with van der Waals surface area (Å²) in [7, 11) is 1.80. The Morgan fingerprint density at radius 1 is 1.29 bits per heavy atom. The lowest BCUT2D eigenvalue weighted by Gasteiger charge is -2.26. The van der Waals surface area contributed by atoms with Crippen molar-refractivity contribution in [3.8, 4) is 0 Å². The average Bonchev–Trinajstić information content (AvgIpc) is 3.28. The topological polar surface area (TPSA) is 40.6 Å². The third-order valence-electron chi connectivity index (χ3n) is 4.13. The van der Waals surface area contributed by atoms with E-state index >= 15 is 0 Å². The van der Waals surface area contributed by atoms with Gasteiger partial charge in [0.2, 0.25) is 5.91 Å². The van der Waals surface area contributed by atoms with E-state index in [4.69, 9.17) is 0 Å². The van der Waals surface area contributed by atoms with Crippen molar-refractivity contribution in [2.45, 2.75) is 24.5 Å². The quantitative estimate of drug-likeness (QED) is 0.791. The van der Waals surface area contributed by atoms with Gasteiger partial charge in [0.25, 0.3) is 5.91 Å². The van der Waals surface area contributed by atoms with Gasteiger partial charge < -0.3 is 9.80 Å². The molecule has 128 valence electrons. The normalized spacial score (nSPS) is 20.6. The molecule has 4 nitrogen and oxygen atoms in total. The van der Waals surface area contributed by atoms with Crippen LogP contribution in [0, 0.1) is 6.92 Å². The molecular weight excluding hydrogens is 360 g/mol. The van der Waals surface area contributed by atoms with Gasteiger partial charge in [-0.25, -0.2) is 0 Å². The molecule has 24 heavy (non-hydrogen) atoms. The standard InChI is InChI=1S/C17H20N2O2S3/c1-11-6-10-23-14(11)17-19(15(20)12(2)24-17)8-7-18(3)16(21)13-5-4-9-22-13/h4-6,9-10,12,17H,7-8H2,1-3H3. The first-order valence-corrected chi connectivity index (χ1v) is 10.5. The van der Waals surface area contributed by atoms with Crippen molar-refractivity contribution in [2.75, 3.05) is 20.1 Å². The number of nitrogens with zero attached hydrogens (tertiary/aromatic N) is 2. The molecule has 2 aromatic rings. The summed E-state index contributed by atoms with van der Waals surface area (Å²) in [5.41, 5.74) is 1.23. The van der Waals surface area contributed by atoms with Gasteiger partial charge in [-0.05, 0) is 42.3 Å². The minimum absolute atomic E-state index is 0.0150.